The molecule has 1 aromatic carbocycles. The van der Waals surface area contributed by atoms with Gasteiger partial charge in [0.2, 0.25) is 0 Å². The summed E-state index contributed by atoms with van der Waals surface area (Å²) in [5.74, 6) is 0.935. The van der Waals surface area contributed by atoms with E-state index >= 15 is 0 Å². The molecule has 2 N–H and O–H groups in total. The average molecular weight is 368 g/mol. The van der Waals surface area contributed by atoms with Crippen LogP contribution in [0, 0.1) is 0 Å². The lowest BCUT2D eigenvalue weighted by Gasteiger charge is -2.19. The zero-order valence-corrected chi connectivity index (χ0v) is 14.8. The second kappa shape index (κ2) is 7.03. The van der Waals surface area contributed by atoms with Gasteiger partial charge in [-0.2, -0.15) is 0 Å². The number of aromatic nitrogens is 2. The highest BCUT2D eigenvalue weighted by molar-refractivity contribution is 6.42. The van der Waals surface area contributed by atoms with E-state index in [0.29, 0.717) is 16.5 Å². The third-order valence-corrected chi connectivity index (χ3v) is 5.40. The van der Waals surface area contributed by atoms with Crippen LogP contribution in [0.2, 0.25) is 10.0 Å². The monoisotopic (exact) mass is 367 g/mol. The Morgan fingerprint density at radius 3 is 2.92 bits per heavy atom. The van der Waals surface area contributed by atoms with E-state index in [2.05, 4.69) is 21.8 Å². The molecule has 1 aliphatic rings. The van der Waals surface area contributed by atoms with Gasteiger partial charge in [-0.05, 0) is 30.9 Å². The summed E-state index contributed by atoms with van der Waals surface area (Å²) >= 11 is 12.6. The van der Waals surface area contributed by atoms with Gasteiger partial charge in [0.1, 0.15) is 5.82 Å². The largest absolute Gasteiger partial charge is 0.465 e. The molecule has 24 heavy (non-hydrogen) atoms. The maximum Gasteiger partial charge on any atom is 0.405 e. The van der Waals surface area contributed by atoms with E-state index in [0.717, 1.165) is 36.5 Å². The Morgan fingerprint density at radius 2 is 2.21 bits per heavy atom. The topological polar surface area (TPSA) is 67.2 Å². The molecule has 2 aromatic rings. The Morgan fingerprint density at radius 1 is 1.42 bits per heavy atom. The predicted octanol–water partition coefficient (Wildman–Crippen LogP) is 4.64. The number of halogens is 2. The summed E-state index contributed by atoms with van der Waals surface area (Å²) in [7, 11) is 0. The molecule has 0 saturated heterocycles. The Bertz CT molecular complexity index is 760. The minimum Gasteiger partial charge on any atom is -0.465 e. The number of carbonyl (C=O) groups is 1. The lowest BCUT2D eigenvalue weighted by atomic mass is 9.93. The number of hydrogen-bond donors (Lipinski definition) is 2. The molecule has 0 aliphatic carbocycles. The number of rotatable bonds is 3. The van der Waals surface area contributed by atoms with Crippen molar-refractivity contribution in [3.63, 3.8) is 0 Å². The highest BCUT2D eigenvalue weighted by Gasteiger charge is 2.29. The van der Waals surface area contributed by atoms with Gasteiger partial charge < -0.3 is 15.0 Å². The standard InChI is InChI=1S/C17H19Cl2N3O2/c1-2-11-8-20-16-14(21-17(23)24)7-6-10(9-22(11)16)12-4-3-5-13(18)15(12)19/h3-5,8,10,14,21H,2,6-7,9H2,1H3,(H,23,24)/t10-,14-/m1/s1. The van der Waals surface area contributed by atoms with E-state index < -0.39 is 6.09 Å². The molecule has 2 atom stereocenters. The third-order valence-electron chi connectivity index (χ3n) is 4.57. The lowest BCUT2D eigenvalue weighted by molar-refractivity contribution is 0.188. The van der Waals surface area contributed by atoms with Crippen molar-refractivity contribution in [3.8, 4) is 0 Å². The lowest BCUT2D eigenvalue weighted by Crippen LogP contribution is -2.28. The summed E-state index contributed by atoms with van der Waals surface area (Å²) in [6.07, 6.45) is 3.10. The van der Waals surface area contributed by atoms with Crippen LogP contribution in [-0.4, -0.2) is 20.8 Å². The third kappa shape index (κ3) is 3.23. The van der Waals surface area contributed by atoms with Crippen LogP contribution in [0.15, 0.2) is 24.4 Å². The van der Waals surface area contributed by atoms with Crippen molar-refractivity contribution < 1.29 is 9.90 Å². The molecule has 0 radical (unpaired) electrons. The van der Waals surface area contributed by atoms with Crippen molar-refractivity contribution in [2.45, 2.75) is 44.7 Å². The molecule has 0 bridgehead atoms. The van der Waals surface area contributed by atoms with Gasteiger partial charge in [-0.25, -0.2) is 9.78 Å². The van der Waals surface area contributed by atoms with Gasteiger partial charge in [0, 0.05) is 24.4 Å². The van der Waals surface area contributed by atoms with Crippen molar-refractivity contribution in [3.05, 3.63) is 51.5 Å². The second-order valence-electron chi connectivity index (χ2n) is 5.99. The molecule has 5 nitrogen and oxygen atoms in total. The van der Waals surface area contributed by atoms with Crippen LogP contribution >= 0.6 is 23.2 Å². The Hall–Kier alpha value is -1.72. The second-order valence-corrected chi connectivity index (χ2v) is 6.78. The van der Waals surface area contributed by atoms with E-state index in [-0.39, 0.29) is 12.0 Å². The molecule has 1 aromatic heterocycles. The SMILES string of the molecule is CCc1cnc2n1C[C@H](c1cccc(Cl)c1Cl)CC[C@H]2NC(=O)O. The Kier molecular flexibility index (Phi) is 5.01. The van der Waals surface area contributed by atoms with Crippen molar-refractivity contribution in [2.24, 2.45) is 0 Å². The van der Waals surface area contributed by atoms with Gasteiger partial charge in [-0.1, -0.05) is 42.3 Å². The quantitative estimate of drug-likeness (QED) is 0.830. The number of fused-ring (bicyclic) bond motifs is 1. The van der Waals surface area contributed by atoms with E-state index in [1.54, 1.807) is 6.07 Å². The highest BCUT2D eigenvalue weighted by Crippen LogP contribution is 2.38. The predicted molar refractivity (Wildman–Crippen MR) is 93.9 cm³/mol. The number of hydrogen-bond acceptors (Lipinski definition) is 2. The highest BCUT2D eigenvalue weighted by atomic mass is 35.5. The van der Waals surface area contributed by atoms with Gasteiger partial charge in [-0.15, -0.1) is 0 Å². The van der Waals surface area contributed by atoms with Gasteiger partial charge in [-0.3, -0.25) is 0 Å². The molecule has 1 amide bonds. The van der Waals surface area contributed by atoms with Gasteiger partial charge in [0.25, 0.3) is 0 Å². The fourth-order valence-corrected chi connectivity index (χ4v) is 3.84. The van der Waals surface area contributed by atoms with Gasteiger partial charge in [0.15, 0.2) is 0 Å². The minimum atomic E-state index is -1.04. The normalized spacial score (nSPS) is 20.3. The van der Waals surface area contributed by atoms with Crippen LogP contribution in [0.5, 0.6) is 0 Å². The van der Waals surface area contributed by atoms with E-state index in [9.17, 15) is 4.79 Å². The maximum atomic E-state index is 11.1. The summed E-state index contributed by atoms with van der Waals surface area (Å²) in [4.78, 5) is 15.6. The number of benzene rings is 1. The molecule has 3 rings (SSSR count). The van der Waals surface area contributed by atoms with Crippen molar-refractivity contribution in [1.82, 2.24) is 14.9 Å². The van der Waals surface area contributed by atoms with Crippen LogP contribution in [0.1, 0.15) is 48.8 Å². The maximum absolute atomic E-state index is 11.1. The number of imidazole rings is 1. The molecular weight excluding hydrogens is 349 g/mol. The Labute approximate surface area is 150 Å². The molecule has 128 valence electrons. The summed E-state index contributed by atoms with van der Waals surface area (Å²) in [5, 5.41) is 12.8. The number of amides is 1. The van der Waals surface area contributed by atoms with Gasteiger partial charge in [0.05, 0.1) is 16.1 Å². The van der Waals surface area contributed by atoms with Crippen molar-refractivity contribution in [2.75, 3.05) is 0 Å². The Balaban J connectivity index is 2.00. The minimum absolute atomic E-state index is 0.162. The smallest absolute Gasteiger partial charge is 0.405 e. The molecule has 7 heteroatoms. The average Bonchev–Trinajstić information content (AvgIpc) is 2.87. The zero-order valence-electron chi connectivity index (χ0n) is 13.3. The molecule has 2 heterocycles. The first-order valence-electron chi connectivity index (χ1n) is 7.99. The first-order chi connectivity index (χ1) is 11.5. The first kappa shape index (κ1) is 17.1. The zero-order chi connectivity index (χ0) is 17.3. The number of aryl methyl sites for hydroxylation is 1. The molecular formula is C17H19Cl2N3O2. The van der Waals surface area contributed by atoms with Crippen LogP contribution in [0.25, 0.3) is 0 Å². The summed E-state index contributed by atoms with van der Waals surface area (Å²) in [6, 6.07) is 5.35. The van der Waals surface area contributed by atoms with Crippen LogP contribution in [0.4, 0.5) is 4.79 Å². The van der Waals surface area contributed by atoms with Crippen LogP contribution in [0.3, 0.4) is 0 Å². The summed E-state index contributed by atoms with van der Waals surface area (Å²) in [5.41, 5.74) is 2.09. The number of carboxylic acid groups (broad SMARTS) is 1. The molecule has 0 spiro atoms. The fourth-order valence-electron chi connectivity index (χ4n) is 3.38. The van der Waals surface area contributed by atoms with E-state index in [4.69, 9.17) is 28.3 Å². The molecule has 0 fully saturated rings. The fraction of sp³-hybridized carbons (Fsp3) is 0.412. The summed E-state index contributed by atoms with van der Waals surface area (Å²) < 4.78 is 2.12. The van der Waals surface area contributed by atoms with E-state index in [1.165, 1.54) is 0 Å². The van der Waals surface area contributed by atoms with E-state index in [1.807, 2.05) is 18.3 Å². The van der Waals surface area contributed by atoms with Crippen LogP contribution in [-0.2, 0) is 13.0 Å². The first-order valence-corrected chi connectivity index (χ1v) is 8.74. The summed E-state index contributed by atoms with van der Waals surface area (Å²) in [6.45, 7) is 2.78. The number of nitrogens with zero attached hydrogens (tertiary/aromatic N) is 2. The molecule has 0 saturated carbocycles. The number of nitrogens with one attached hydrogen (secondary N) is 1. The molecule has 1 aliphatic heterocycles. The van der Waals surface area contributed by atoms with Crippen molar-refractivity contribution in [1.29, 1.82) is 0 Å². The van der Waals surface area contributed by atoms with Gasteiger partial charge >= 0.3 is 6.09 Å². The van der Waals surface area contributed by atoms with Crippen LogP contribution < -0.4 is 5.32 Å². The van der Waals surface area contributed by atoms with Crippen molar-refractivity contribution >= 4 is 29.3 Å². The molecule has 0 unspecified atom stereocenters.